The first-order valence-corrected chi connectivity index (χ1v) is 18.7. The van der Waals surface area contributed by atoms with Crippen LogP contribution in [0.4, 0.5) is 5.69 Å². The number of hydrogen-bond donors (Lipinski definition) is 1. The van der Waals surface area contributed by atoms with Crippen molar-refractivity contribution in [2.24, 2.45) is 0 Å². The maximum absolute atomic E-state index is 14.4. The van der Waals surface area contributed by atoms with E-state index in [-0.39, 0.29) is 51.2 Å². The van der Waals surface area contributed by atoms with Crippen molar-refractivity contribution in [3.8, 4) is 5.75 Å². The third-order valence-corrected chi connectivity index (χ3v) is 11.5. The Labute approximate surface area is 304 Å². The number of Topliss-reactive ketones (excluding diaryl/α,β-unsaturated/α-hetero) is 2. The first-order chi connectivity index (χ1) is 25.0. The molecule has 10 heteroatoms. The van der Waals surface area contributed by atoms with E-state index >= 15 is 0 Å². The summed E-state index contributed by atoms with van der Waals surface area (Å²) in [6, 6.07) is 20.9. The van der Waals surface area contributed by atoms with Gasteiger partial charge in [-0.1, -0.05) is 49.2 Å². The maximum Gasteiger partial charge on any atom is 0.266 e. The lowest BCUT2D eigenvalue weighted by Crippen LogP contribution is -2.31. The Morgan fingerprint density at radius 2 is 1.48 bits per heavy atom. The Balaban J connectivity index is 1.15. The molecule has 8 rings (SSSR count). The highest BCUT2D eigenvalue weighted by Crippen LogP contribution is 2.46. The molecule has 1 fully saturated rings. The van der Waals surface area contributed by atoms with Crippen LogP contribution < -0.4 is 15.2 Å². The summed E-state index contributed by atoms with van der Waals surface area (Å²) < 4.78 is 5.97. The molecular weight excluding hydrogens is 675 g/mol. The summed E-state index contributed by atoms with van der Waals surface area (Å²) in [6.45, 7) is 7.05. The molecule has 2 amide bonds. The number of rotatable bonds is 8. The third kappa shape index (κ3) is 5.48. The smallest absolute Gasteiger partial charge is 0.266 e. The van der Waals surface area contributed by atoms with Crippen molar-refractivity contribution < 1.29 is 23.9 Å². The zero-order valence-electron chi connectivity index (χ0n) is 29.4. The van der Waals surface area contributed by atoms with Crippen LogP contribution >= 0.6 is 11.8 Å². The molecule has 0 spiro atoms. The molecule has 9 nitrogen and oxygen atoms in total. The number of nitrogens with one attached hydrogen (secondary N) is 1. The van der Waals surface area contributed by atoms with Crippen LogP contribution in [-0.2, 0) is 5.75 Å². The number of aromatic amines is 1. The molecule has 2 aliphatic carbocycles. The number of thioether (sulfide) groups is 1. The van der Waals surface area contributed by atoms with E-state index in [1.165, 1.54) is 4.90 Å². The highest BCUT2D eigenvalue weighted by atomic mass is 32.2. The number of ketones is 2. The van der Waals surface area contributed by atoms with Crippen LogP contribution in [-0.4, -0.2) is 39.5 Å². The van der Waals surface area contributed by atoms with Crippen molar-refractivity contribution in [3.63, 3.8) is 0 Å². The van der Waals surface area contributed by atoms with Gasteiger partial charge in [0.25, 0.3) is 17.4 Å². The van der Waals surface area contributed by atoms with Crippen molar-refractivity contribution in [3.05, 3.63) is 127 Å². The molecule has 0 radical (unpaired) electrons. The summed E-state index contributed by atoms with van der Waals surface area (Å²) >= 11 is 1.59. The number of ether oxygens (including phenoxy) is 1. The molecule has 0 bridgehead atoms. The number of carbonyl (C=O) groups excluding carboxylic acids is 4. The lowest BCUT2D eigenvalue weighted by atomic mass is 9.89. The number of amides is 2. The Bertz CT molecular complexity index is 2350. The van der Waals surface area contributed by atoms with Gasteiger partial charge >= 0.3 is 0 Å². The van der Waals surface area contributed by atoms with Gasteiger partial charge in [-0.05, 0) is 93.0 Å². The zero-order chi connectivity index (χ0) is 36.4. The molecule has 1 aliphatic heterocycles. The molecule has 0 unspecified atom stereocenters. The molecule has 5 aromatic rings. The highest BCUT2D eigenvalue weighted by molar-refractivity contribution is 7.98. The monoisotopic (exact) mass is 711 g/mol. The minimum absolute atomic E-state index is 0.0604. The summed E-state index contributed by atoms with van der Waals surface area (Å²) in [5.41, 5.74) is 3.42. The average Bonchev–Trinajstić information content (AvgIpc) is 3.82. The Hall–Kier alpha value is -5.35. The second-order valence-corrected chi connectivity index (χ2v) is 15.2. The molecule has 0 saturated heterocycles. The fourth-order valence-corrected chi connectivity index (χ4v) is 8.98. The van der Waals surface area contributed by atoms with Crippen LogP contribution in [0.5, 0.6) is 5.75 Å². The standard InChI is InChI=1S/C42H37N3O6S/c1-21(2)51-26-14-16-28(25-12-8-9-13-25)31(18-26)45-41(49)34-22(3)32-33(23(4)35(34)42(45)50)38(47)36(37(32)46)39-43-30-17-15-27(19-29(30)40(48)44-39)52-20-24-10-6-5-7-11-24/h5-7,10-11,14-19,21,25,36H,8-9,12-13,20H2,1-4H3,(H,43,44,48). The van der Waals surface area contributed by atoms with Gasteiger partial charge < -0.3 is 9.72 Å². The number of H-pyrrole nitrogens is 1. The zero-order valence-corrected chi connectivity index (χ0v) is 30.2. The summed E-state index contributed by atoms with van der Waals surface area (Å²) in [7, 11) is 0. The van der Waals surface area contributed by atoms with Crippen LogP contribution in [0.3, 0.4) is 0 Å². The fourth-order valence-electron chi connectivity index (χ4n) is 8.09. The van der Waals surface area contributed by atoms with Gasteiger partial charge in [0, 0.05) is 27.8 Å². The number of imide groups is 1. The molecule has 262 valence electrons. The number of anilines is 1. The molecule has 2 heterocycles. The molecule has 1 saturated carbocycles. The van der Waals surface area contributed by atoms with Crippen molar-refractivity contribution in [2.45, 2.75) is 82.0 Å². The van der Waals surface area contributed by atoms with Crippen molar-refractivity contribution in [2.75, 3.05) is 4.90 Å². The van der Waals surface area contributed by atoms with Crippen molar-refractivity contribution in [1.29, 1.82) is 0 Å². The van der Waals surface area contributed by atoms with Gasteiger partial charge in [0.1, 0.15) is 17.5 Å². The van der Waals surface area contributed by atoms with Gasteiger partial charge in [-0.3, -0.25) is 24.0 Å². The van der Waals surface area contributed by atoms with Gasteiger partial charge in [-0.15, -0.1) is 11.8 Å². The van der Waals surface area contributed by atoms with Crippen LogP contribution in [0.2, 0.25) is 0 Å². The molecule has 1 aromatic heterocycles. The Kier molecular flexibility index (Phi) is 8.45. The van der Waals surface area contributed by atoms with Gasteiger partial charge in [0.05, 0.1) is 33.8 Å². The van der Waals surface area contributed by atoms with Crippen LogP contribution in [0.25, 0.3) is 10.9 Å². The first kappa shape index (κ1) is 33.8. The molecule has 52 heavy (non-hydrogen) atoms. The third-order valence-electron chi connectivity index (χ3n) is 10.5. The quantitative estimate of drug-likeness (QED) is 0.0969. The largest absolute Gasteiger partial charge is 0.491 e. The van der Waals surface area contributed by atoms with Crippen LogP contribution in [0.15, 0.2) is 76.4 Å². The lowest BCUT2D eigenvalue weighted by molar-refractivity contribution is 0.0882. The number of fused-ring (bicyclic) bond motifs is 3. The molecule has 1 N–H and O–H groups in total. The van der Waals surface area contributed by atoms with Crippen LogP contribution in [0.1, 0.15) is 121 Å². The van der Waals surface area contributed by atoms with Gasteiger partial charge in [-0.2, -0.15) is 0 Å². The highest BCUT2D eigenvalue weighted by Gasteiger charge is 2.49. The number of hydrogen-bond acceptors (Lipinski definition) is 8. The minimum Gasteiger partial charge on any atom is -0.491 e. The van der Waals surface area contributed by atoms with Crippen molar-refractivity contribution in [1.82, 2.24) is 9.97 Å². The summed E-state index contributed by atoms with van der Waals surface area (Å²) in [6.07, 6.45) is 3.93. The van der Waals surface area contributed by atoms with E-state index in [1.807, 2.05) is 62.4 Å². The normalized spacial score (nSPS) is 16.1. The van der Waals surface area contributed by atoms with E-state index in [2.05, 4.69) is 9.97 Å². The summed E-state index contributed by atoms with van der Waals surface area (Å²) in [4.78, 5) is 79.9. The summed E-state index contributed by atoms with van der Waals surface area (Å²) in [5, 5.41) is 0.347. The minimum atomic E-state index is -1.40. The predicted octanol–water partition coefficient (Wildman–Crippen LogP) is 8.24. The molecule has 3 aliphatic rings. The van der Waals surface area contributed by atoms with E-state index in [9.17, 15) is 24.0 Å². The number of benzene rings is 4. The van der Waals surface area contributed by atoms with Gasteiger partial charge in [-0.25, -0.2) is 9.88 Å². The van der Waals surface area contributed by atoms with Gasteiger partial charge in [0.15, 0.2) is 11.6 Å². The van der Waals surface area contributed by atoms with Gasteiger partial charge in [0.2, 0.25) is 0 Å². The molecular formula is C42H37N3O6S. The average molecular weight is 712 g/mol. The Morgan fingerprint density at radius 1 is 0.827 bits per heavy atom. The number of aromatic nitrogens is 2. The lowest BCUT2D eigenvalue weighted by Gasteiger charge is -2.23. The van der Waals surface area contributed by atoms with E-state index < -0.39 is 34.9 Å². The maximum atomic E-state index is 14.4. The SMILES string of the molecule is Cc1c2c(c(C)c3c1C(=O)N(c1cc(OC(C)C)ccc1C1CCCC1)C3=O)C(=O)C(c1nc3ccc(SCc4ccccc4)cc3c(=O)[nH]1)C2=O. The first-order valence-electron chi connectivity index (χ1n) is 17.7. The Morgan fingerprint density at radius 3 is 2.12 bits per heavy atom. The fraction of sp³-hybridized carbons (Fsp3) is 0.286. The molecule has 0 atom stereocenters. The topological polar surface area (TPSA) is 126 Å². The van der Waals surface area contributed by atoms with E-state index in [0.29, 0.717) is 22.3 Å². The predicted molar refractivity (Wildman–Crippen MR) is 200 cm³/mol. The van der Waals surface area contributed by atoms with E-state index in [1.54, 1.807) is 43.8 Å². The van der Waals surface area contributed by atoms with Crippen LogP contribution in [0, 0.1) is 13.8 Å². The van der Waals surface area contributed by atoms with E-state index in [4.69, 9.17) is 4.74 Å². The van der Waals surface area contributed by atoms with E-state index in [0.717, 1.165) is 47.5 Å². The second-order valence-electron chi connectivity index (χ2n) is 14.1. The number of carbonyl (C=O) groups is 4. The molecule has 4 aromatic carbocycles. The number of nitrogens with zero attached hydrogens (tertiary/aromatic N) is 2. The second kappa shape index (κ2) is 13.0. The summed E-state index contributed by atoms with van der Waals surface area (Å²) in [5.74, 6) is -2.18. The van der Waals surface area contributed by atoms with Crippen molar-refractivity contribution >= 4 is 51.7 Å².